The minimum absolute atomic E-state index is 0.0209. The van der Waals surface area contributed by atoms with Crippen LogP contribution in [0.3, 0.4) is 0 Å². The van der Waals surface area contributed by atoms with E-state index in [1.54, 1.807) is 12.4 Å². The highest BCUT2D eigenvalue weighted by Crippen LogP contribution is 2.32. The first-order chi connectivity index (χ1) is 21.1. The molecule has 0 bridgehead atoms. The molecule has 2 aromatic carbocycles. The molecule has 43 heavy (non-hydrogen) atoms. The van der Waals surface area contributed by atoms with Crippen molar-refractivity contribution in [3.63, 3.8) is 0 Å². The monoisotopic (exact) mass is 571 g/mol. The zero-order chi connectivity index (χ0) is 29.3. The Bertz CT molecular complexity index is 1950. The molecule has 0 radical (unpaired) electrons. The van der Waals surface area contributed by atoms with Crippen LogP contribution in [-0.4, -0.2) is 73.0 Å². The number of imidazole rings is 1. The number of carbonyl (C=O) groups is 2. The maximum Gasteiger partial charge on any atom is 0.254 e. The molecule has 6 aromatic rings. The minimum atomic E-state index is 0.0209. The molecule has 1 fully saturated rings. The molecule has 0 saturated carbocycles. The number of amides is 1. The third-order valence-electron chi connectivity index (χ3n) is 7.83. The summed E-state index contributed by atoms with van der Waals surface area (Å²) in [7, 11) is 0. The Morgan fingerprint density at radius 3 is 2.49 bits per heavy atom. The van der Waals surface area contributed by atoms with Crippen molar-refractivity contribution in [1.29, 1.82) is 0 Å². The van der Waals surface area contributed by atoms with Crippen LogP contribution >= 0.6 is 0 Å². The molecule has 0 atom stereocenters. The van der Waals surface area contributed by atoms with Crippen LogP contribution in [0.2, 0.25) is 0 Å². The van der Waals surface area contributed by atoms with Gasteiger partial charge in [0.1, 0.15) is 11.5 Å². The average molecular weight is 572 g/mol. The van der Waals surface area contributed by atoms with Crippen LogP contribution in [-0.2, 0) is 16.0 Å². The van der Waals surface area contributed by atoms with Gasteiger partial charge >= 0.3 is 0 Å². The number of nitrogens with zero attached hydrogens (tertiary/aromatic N) is 5. The van der Waals surface area contributed by atoms with Gasteiger partial charge in [-0.1, -0.05) is 37.3 Å². The summed E-state index contributed by atoms with van der Waals surface area (Å²) >= 11 is 0. The van der Waals surface area contributed by atoms with Crippen LogP contribution in [0.15, 0.2) is 73.1 Å². The van der Waals surface area contributed by atoms with Gasteiger partial charge in [-0.2, -0.15) is 5.10 Å². The van der Waals surface area contributed by atoms with Crippen molar-refractivity contribution in [2.45, 2.75) is 19.8 Å². The smallest absolute Gasteiger partial charge is 0.254 e. The van der Waals surface area contributed by atoms with Gasteiger partial charge in [0.2, 0.25) is 0 Å². The molecule has 1 aliphatic rings. The van der Waals surface area contributed by atoms with Crippen LogP contribution in [0.5, 0.6) is 0 Å². The van der Waals surface area contributed by atoms with Crippen molar-refractivity contribution >= 4 is 33.8 Å². The summed E-state index contributed by atoms with van der Waals surface area (Å²) in [5.41, 5.74) is 8.15. The summed E-state index contributed by atoms with van der Waals surface area (Å²) in [6.45, 7) is 4.22. The fraction of sp³-hybridized carbons (Fsp3) is 0.212. The van der Waals surface area contributed by atoms with Crippen LogP contribution in [0, 0.1) is 0 Å². The molecular weight excluding hydrogens is 542 g/mol. The third kappa shape index (κ3) is 5.17. The second kappa shape index (κ2) is 11.2. The zero-order valence-electron chi connectivity index (χ0n) is 23.6. The number of nitrogens with one attached hydrogen (secondary N) is 2. The van der Waals surface area contributed by atoms with E-state index in [1.165, 1.54) is 0 Å². The van der Waals surface area contributed by atoms with Crippen molar-refractivity contribution < 1.29 is 14.3 Å². The van der Waals surface area contributed by atoms with Gasteiger partial charge in [0.25, 0.3) is 5.91 Å². The van der Waals surface area contributed by atoms with E-state index in [2.05, 4.69) is 25.1 Å². The number of H-pyrrole nitrogens is 2. The van der Waals surface area contributed by atoms with Gasteiger partial charge in [-0.25, -0.2) is 9.97 Å². The maximum absolute atomic E-state index is 12.9. The summed E-state index contributed by atoms with van der Waals surface area (Å²) in [6.07, 6.45) is 4.38. The van der Waals surface area contributed by atoms with Gasteiger partial charge in [0, 0.05) is 66.3 Å². The molecule has 10 heteroatoms. The van der Waals surface area contributed by atoms with Crippen molar-refractivity contribution in [2.75, 3.05) is 26.3 Å². The maximum atomic E-state index is 12.9. The average Bonchev–Trinajstić information content (AvgIpc) is 3.69. The standard InChI is InChI=1S/C33H29N7O3/c1-2-25(41)17-24-11-10-22(18-34-24)23-16-27-30(38-39-31(27)35-19-23)32-36-28-5-3-4-26(29(28)37-32)20-6-8-21(9-7-20)33(42)40-12-14-43-15-13-40/h3-11,16,18-19H,2,12-15,17H2,1H3,(H,36,37)(H,35,38,39). The van der Waals surface area contributed by atoms with Gasteiger partial charge in [-0.3, -0.25) is 19.7 Å². The second-order valence-electron chi connectivity index (χ2n) is 10.6. The van der Waals surface area contributed by atoms with Crippen molar-refractivity contribution in [3.05, 3.63) is 84.3 Å². The van der Waals surface area contributed by atoms with Crippen LogP contribution < -0.4 is 0 Å². The van der Waals surface area contributed by atoms with Crippen molar-refractivity contribution in [2.24, 2.45) is 0 Å². The normalized spacial score (nSPS) is 13.6. The van der Waals surface area contributed by atoms with E-state index >= 15 is 0 Å². The lowest BCUT2D eigenvalue weighted by atomic mass is 10.0. The molecule has 1 amide bonds. The number of rotatable bonds is 7. The van der Waals surface area contributed by atoms with Crippen LogP contribution in [0.4, 0.5) is 0 Å². The van der Waals surface area contributed by atoms with E-state index in [1.807, 2.05) is 72.5 Å². The number of carbonyl (C=O) groups excluding carboxylic acids is 2. The van der Waals surface area contributed by atoms with E-state index in [0.717, 1.165) is 50.1 Å². The fourth-order valence-electron chi connectivity index (χ4n) is 5.39. The molecule has 1 saturated heterocycles. The van der Waals surface area contributed by atoms with Gasteiger partial charge in [-0.05, 0) is 35.9 Å². The number of benzene rings is 2. The number of aromatic amines is 2. The van der Waals surface area contributed by atoms with Crippen molar-refractivity contribution in [1.82, 2.24) is 35.0 Å². The van der Waals surface area contributed by atoms with E-state index < -0.39 is 0 Å². The zero-order valence-corrected chi connectivity index (χ0v) is 23.6. The van der Waals surface area contributed by atoms with Gasteiger partial charge in [0.15, 0.2) is 11.5 Å². The topological polar surface area (TPSA) is 130 Å². The molecule has 1 aliphatic heterocycles. The number of ether oxygens (including phenoxy) is 1. The number of morpholine rings is 1. The van der Waals surface area contributed by atoms with Crippen molar-refractivity contribution in [3.8, 4) is 33.8 Å². The number of pyridine rings is 2. The first kappa shape index (κ1) is 26.7. The number of hydrogen-bond donors (Lipinski definition) is 2. The van der Waals surface area contributed by atoms with Gasteiger partial charge < -0.3 is 14.6 Å². The summed E-state index contributed by atoms with van der Waals surface area (Å²) in [5, 5.41) is 8.34. The summed E-state index contributed by atoms with van der Waals surface area (Å²) in [4.78, 5) is 44.0. The predicted octanol–water partition coefficient (Wildman–Crippen LogP) is 5.22. The Kier molecular flexibility index (Phi) is 6.96. The number of ketones is 1. The number of aromatic nitrogens is 6. The number of para-hydroxylation sites is 1. The van der Waals surface area contributed by atoms with Gasteiger partial charge in [0.05, 0.1) is 29.6 Å². The van der Waals surface area contributed by atoms with E-state index in [-0.39, 0.29) is 11.7 Å². The number of Topliss-reactive ketones (excluding diaryl/α,β-unsaturated/α-hetero) is 1. The highest BCUT2D eigenvalue weighted by molar-refractivity contribution is 5.98. The molecule has 214 valence electrons. The molecule has 7 rings (SSSR count). The summed E-state index contributed by atoms with van der Waals surface area (Å²) in [6, 6.07) is 19.6. The Morgan fingerprint density at radius 1 is 0.930 bits per heavy atom. The highest BCUT2D eigenvalue weighted by atomic mass is 16.5. The molecule has 0 unspecified atom stereocenters. The van der Waals surface area contributed by atoms with Crippen LogP contribution in [0.1, 0.15) is 29.4 Å². The molecule has 0 aliphatic carbocycles. The molecule has 4 aromatic heterocycles. The Labute approximate surface area is 247 Å². The second-order valence-corrected chi connectivity index (χ2v) is 10.6. The molecule has 0 spiro atoms. The van der Waals surface area contributed by atoms with E-state index in [4.69, 9.17) is 9.72 Å². The highest BCUT2D eigenvalue weighted by Gasteiger charge is 2.20. The largest absolute Gasteiger partial charge is 0.378 e. The molecule has 2 N–H and O–H groups in total. The molecular formula is C33H29N7O3. The fourth-order valence-corrected chi connectivity index (χ4v) is 5.39. The van der Waals surface area contributed by atoms with Crippen LogP contribution in [0.25, 0.3) is 55.8 Å². The van der Waals surface area contributed by atoms with Gasteiger partial charge in [-0.15, -0.1) is 0 Å². The number of hydrogen-bond acceptors (Lipinski definition) is 7. The summed E-state index contributed by atoms with van der Waals surface area (Å²) < 4.78 is 5.37. The first-order valence-electron chi connectivity index (χ1n) is 14.3. The Morgan fingerprint density at radius 2 is 1.72 bits per heavy atom. The summed E-state index contributed by atoms with van der Waals surface area (Å²) in [5.74, 6) is 0.832. The predicted molar refractivity (Wildman–Crippen MR) is 163 cm³/mol. The van der Waals surface area contributed by atoms with E-state index in [9.17, 15) is 9.59 Å². The van der Waals surface area contributed by atoms with E-state index in [0.29, 0.717) is 56.2 Å². The Hall–Kier alpha value is -5.22. The Balaban J connectivity index is 1.19. The quantitative estimate of drug-likeness (QED) is 0.269. The first-order valence-corrected chi connectivity index (χ1v) is 14.3. The lowest BCUT2D eigenvalue weighted by Gasteiger charge is -2.26. The SMILES string of the molecule is CCC(=O)Cc1ccc(-c2cnc3n[nH]c(-c4nc5c(-c6ccc(C(=O)N7CCOCC7)cc6)cccc5[nH]4)c3c2)cn1. The third-order valence-corrected chi connectivity index (χ3v) is 7.83. The lowest BCUT2D eigenvalue weighted by Crippen LogP contribution is -2.40. The number of fused-ring (bicyclic) bond motifs is 2. The lowest BCUT2D eigenvalue weighted by molar-refractivity contribution is -0.118. The molecule has 5 heterocycles. The molecule has 10 nitrogen and oxygen atoms in total. The minimum Gasteiger partial charge on any atom is -0.378 e.